The minimum atomic E-state index is 0.481. The van der Waals surface area contributed by atoms with Gasteiger partial charge in [0.25, 0.3) is 0 Å². The Morgan fingerprint density at radius 2 is 2.00 bits per heavy atom. The molecule has 2 atom stereocenters. The molecule has 0 radical (unpaired) electrons. The van der Waals surface area contributed by atoms with E-state index in [1.165, 1.54) is 38.5 Å². The van der Waals surface area contributed by atoms with Crippen LogP contribution in [0.5, 0.6) is 0 Å². The Labute approximate surface area is 107 Å². The summed E-state index contributed by atoms with van der Waals surface area (Å²) in [6.07, 6.45) is 8.31. The van der Waals surface area contributed by atoms with Gasteiger partial charge in [0.15, 0.2) is 0 Å². The Kier molecular flexibility index (Phi) is 4.48. The molecule has 0 spiro atoms. The lowest BCUT2D eigenvalue weighted by molar-refractivity contribution is -0.0234. The van der Waals surface area contributed by atoms with Crippen molar-refractivity contribution >= 4 is 0 Å². The van der Waals surface area contributed by atoms with E-state index >= 15 is 0 Å². The number of ether oxygens (including phenoxy) is 1. The summed E-state index contributed by atoms with van der Waals surface area (Å²) in [5, 5.41) is 3.54. The van der Waals surface area contributed by atoms with Crippen molar-refractivity contribution in [2.24, 2.45) is 11.3 Å². The first-order chi connectivity index (χ1) is 8.05. The maximum Gasteiger partial charge on any atom is 0.0582 e. The third-order valence-corrected chi connectivity index (χ3v) is 4.03. The fraction of sp³-hybridized carbons (Fsp3) is 1.00. The average Bonchev–Trinajstić information content (AvgIpc) is 2.97. The summed E-state index contributed by atoms with van der Waals surface area (Å²) in [5.41, 5.74) is 0.481. The molecule has 2 aliphatic rings. The molecule has 2 heteroatoms. The second kappa shape index (κ2) is 5.71. The Morgan fingerprint density at radius 3 is 2.65 bits per heavy atom. The fourth-order valence-electron chi connectivity index (χ4n) is 3.30. The number of nitrogens with one attached hydrogen (secondary N) is 1. The number of hydrogen-bond donors (Lipinski definition) is 1. The summed E-state index contributed by atoms with van der Waals surface area (Å²) in [7, 11) is 0. The van der Waals surface area contributed by atoms with Gasteiger partial charge >= 0.3 is 0 Å². The summed E-state index contributed by atoms with van der Waals surface area (Å²) in [6.45, 7) is 9.21. The lowest BCUT2D eigenvalue weighted by Crippen LogP contribution is -2.33. The molecular weight excluding hydrogens is 210 g/mol. The largest absolute Gasteiger partial charge is 0.378 e. The Bertz CT molecular complexity index is 235. The highest BCUT2D eigenvalue weighted by atomic mass is 16.5. The van der Waals surface area contributed by atoms with Crippen molar-refractivity contribution in [2.75, 3.05) is 13.2 Å². The molecule has 2 unspecified atom stereocenters. The molecule has 0 amide bonds. The molecule has 2 nitrogen and oxygen atoms in total. The van der Waals surface area contributed by atoms with Gasteiger partial charge in [0.2, 0.25) is 0 Å². The first-order valence-corrected chi connectivity index (χ1v) is 7.40. The molecule has 2 aliphatic carbocycles. The van der Waals surface area contributed by atoms with Crippen LogP contribution >= 0.6 is 0 Å². The summed E-state index contributed by atoms with van der Waals surface area (Å²) < 4.78 is 6.05. The third kappa shape index (κ3) is 4.97. The van der Waals surface area contributed by atoms with E-state index in [1.807, 2.05) is 0 Å². The molecule has 0 aromatic rings. The predicted octanol–water partition coefficient (Wildman–Crippen LogP) is 3.36. The van der Waals surface area contributed by atoms with E-state index in [2.05, 4.69) is 26.1 Å². The molecule has 0 saturated heterocycles. The Hall–Kier alpha value is -0.0800. The van der Waals surface area contributed by atoms with Crippen LogP contribution < -0.4 is 5.32 Å². The van der Waals surface area contributed by atoms with Gasteiger partial charge in [-0.15, -0.1) is 0 Å². The van der Waals surface area contributed by atoms with Crippen LogP contribution in [0.25, 0.3) is 0 Å². The second-order valence-electron chi connectivity index (χ2n) is 6.99. The summed E-state index contributed by atoms with van der Waals surface area (Å²) in [5.74, 6) is 0.827. The lowest BCUT2D eigenvalue weighted by Gasteiger charge is -2.38. The highest BCUT2D eigenvalue weighted by molar-refractivity contribution is 4.83. The minimum absolute atomic E-state index is 0.481. The van der Waals surface area contributed by atoms with E-state index in [4.69, 9.17) is 4.74 Å². The molecule has 1 N–H and O–H groups in total. The van der Waals surface area contributed by atoms with Crippen LogP contribution in [-0.2, 0) is 4.74 Å². The highest BCUT2D eigenvalue weighted by Crippen LogP contribution is 2.39. The van der Waals surface area contributed by atoms with E-state index in [-0.39, 0.29) is 0 Å². The van der Waals surface area contributed by atoms with Gasteiger partial charge in [-0.25, -0.2) is 0 Å². The lowest BCUT2D eigenvalue weighted by atomic mass is 9.71. The molecule has 100 valence electrons. The van der Waals surface area contributed by atoms with Gasteiger partial charge in [-0.3, -0.25) is 0 Å². The Balaban J connectivity index is 1.57. The zero-order valence-electron chi connectivity index (χ0n) is 11.8. The second-order valence-corrected chi connectivity index (χ2v) is 6.99. The van der Waals surface area contributed by atoms with Crippen LogP contribution in [0.4, 0.5) is 0 Å². The van der Waals surface area contributed by atoms with Gasteiger partial charge in [-0.05, 0) is 56.4 Å². The molecule has 0 bridgehead atoms. The van der Waals surface area contributed by atoms with Gasteiger partial charge in [0.1, 0.15) is 0 Å². The molecule has 0 aromatic carbocycles. The van der Waals surface area contributed by atoms with Crippen LogP contribution in [0.15, 0.2) is 0 Å². The zero-order valence-corrected chi connectivity index (χ0v) is 11.8. The van der Waals surface area contributed by atoms with Crippen LogP contribution in [0, 0.1) is 11.3 Å². The summed E-state index contributed by atoms with van der Waals surface area (Å²) in [4.78, 5) is 0. The van der Waals surface area contributed by atoms with Crippen molar-refractivity contribution in [1.82, 2.24) is 5.32 Å². The van der Waals surface area contributed by atoms with E-state index < -0.39 is 0 Å². The maximum atomic E-state index is 6.05. The zero-order chi connectivity index (χ0) is 12.3. The number of rotatable bonds is 6. The first kappa shape index (κ1) is 13.4. The molecule has 2 rings (SSSR count). The van der Waals surface area contributed by atoms with Crippen molar-refractivity contribution in [3.8, 4) is 0 Å². The third-order valence-electron chi connectivity index (χ3n) is 4.03. The smallest absolute Gasteiger partial charge is 0.0582 e. The molecule has 0 aliphatic heterocycles. The van der Waals surface area contributed by atoms with E-state index in [0.29, 0.717) is 11.5 Å². The van der Waals surface area contributed by atoms with Gasteiger partial charge in [0, 0.05) is 12.6 Å². The van der Waals surface area contributed by atoms with Crippen molar-refractivity contribution in [3.05, 3.63) is 0 Å². The summed E-state index contributed by atoms with van der Waals surface area (Å²) in [6, 6.07) is 0.837. The molecule has 2 fully saturated rings. The molecule has 2 saturated carbocycles. The van der Waals surface area contributed by atoms with E-state index in [9.17, 15) is 0 Å². The normalized spacial score (nSPS) is 32.6. The fourth-order valence-corrected chi connectivity index (χ4v) is 3.30. The van der Waals surface area contributed by atoms with Crippen LogP contribution in [-0.4, -0.2) is 25.3 Å². The molecule has 17 heavy (non-hydrogen) atoms. The van der Waals surface area contributed by atoms with Crippen LogP contribution in [0.1, 0.15) is 59.3 Å². The van der Waals surface area contributed by atoms with E-state index in [0.717, 1.165) is 25.1 Å². The van der Waals surface area contributed by atoms with Gasteiger partial charge < -0.3 is 10.1 Å². The molecule has 0 aromatic heterocycles. The van der Waals surface area contributed by atoms with Gasteiger partial charge in [-0.1, -0.05) is 20.8 Å². The van der Waals surface area contributed by atoms with Gasteiger partial charge in [0.05, 0.1) is 6.10 Å². The van der Waals surface area contributed by atoms with Crippen molar-refractivity contribution < 1.29 is 4.74 Å². The molecular formula is C15H29NO. The standard InChI is InChI=1S/C15H29NO/c1-12-9-14(11-15(2,3)10-12)17-8-4-7-16-13-5-6-13/h12-14,16H,4-11H2,1-3H3. The molecule has 0 heterocycles. The predicted molar refractivity (Wildman–Crippen MR) is 72.2 cm³/mol. The van der Waals surface area contributed by atoms with Crippen LogP contribution in [0.2, 0.25) is 0 Å². The summed E-state index contributed by atoms with van der Waals surface area (Å²) >= 11 is 0. The first-order valence-electron chi connectivity index (χ1n) is 7.40. The highest BCUT2D eigenvalue weighted by Gasteiger charge is 2.32. The number of hydrogen-bond acceptors (Lipinski definition) is 2. The van der Waals surface area contributed by atoms with Crippen molar-refractivity contribution in [1.29, 1.82) is 0 Å². The Morgan fingerprint density at radius 1 is 1.24 bits per heavy atom. The van der Waals surface area contributed by atoms with Crippen molar-refractivity contribution in [3.63, 3.8) is 0 Å². The van der Waals surface area contributed by atoms with Crippen molar-refractivity contribution in [2.45, 2.75) is 71.4 Å². The minimum Gasteiger partial charge on any atom is -0.378 e. The van der Waals surface area contributed by atoms with Gasteiger partial charge in [-0.2, -0.15) is 0 Å². The van der Waals surface area contributed by atoms with Crippen LogP contribution in [0.3, 0.4) is 0 Å². The quantitative estimate of drug-likeness (QED) is 0.718. The van der Waals surface area contributed by atoms with E-state index in [1.54, 1.807) is 0 Å². The topological polar surface area (TPSA) is 21.3 Å². The average molecular weight is 239 g/mol. The monoisotopic (exact) mass is 239 g/mol. The SMILES string of the molecule is CC1CC(OCCCNC2CC2)CC(C)(C)C1. The maximum absolute atomic E-state index is 6.05.